The first-order valence-corrected chi connectivity index (χ1v) is 11.0. The molecular weight excluding hydrogens is 457 g/mol. The van der Waals surface area contributed by atoms with Gasteiger partial charge in [-0.25, -0.2) is 18.2 Å². The average molecular weight is 475 g/mol. The van der Waals surface area contributed by atoms with Crippen LogP contribution in [0.2, 0.25) is 5.02 Å². The van der Waals surface area contributed by atoms with Gasteiger partial charge in [0, 0.05) is 17.3 Å². The van der Waals surface area contributed by atoms with E-state index in [0.29, 0.717) is 5.56 Å². The van der Waals surface area contributed by atoms with Gasteiger partial charge < -0.3 is 11.1 Å². The molecule has 0 aliphatic carbocycles. The summed E-state index contributed by atoms with van der Waals surface area (Å²) in [4.78, 5) is 3.79. The fraction of sp³-hybridized carbons (Fsp3) is 0.222. The molecule has 0 saturated carbocycles. The molecule has 1 aromatic heterocycles. The van der Waals surface area contributed by atoms with Crippen molar-refractivity contribution in [3.05, 3.63) is 52.5 Å². The zero-order chi connectivity index (χ0) is 23.0. The van der Waals surface area contributed by atoms with Crippen LogP contribution in [-0.2, 0) is 16.2 Å². The molecule has 0 aliphatic rings. The lowest BCUT2D eigenvalue weighted by atomic mass is 9.96. The fourth-order valence-electron chi connectivity index (χ4n) is 2.98. The van der Waals surface area contributed by atoms with Crippen LogP contribution in [0, 0.1) is 0 Å². The van der Waals surface area contributed by atoms with Crippen molar-refractivity contribution in [3.8, 4) is 11.1 Å². The first-order valence-electron chi connectivity index (χ1n) is 8.77. The highest BCUT2D eigenvalue weighted by Crippen LogP contribution is 2.43. The standard InChI is InChI=1S/C18H18ClF3N6O2S/c1-9(28-31(2,29)30)10-3-5-11(6-4-10)15-13(18(20,21)22)7-12(8-14(15)19)24-17-25-16(23)26-27-17/h3-9,28H,1-2H3,(H4,23,24,25,26,27)/t9-/m1/s1. The second kappa shape index (κ2) is 8.36. The van der Waals surface area contributed by atoms with Gasteiger partial charge in [-0.05, 0) is 30.2 Å². The highest BCUT2D eigenvalue weighted by atomic mass is 35.5. The number of rotatable bonds is 6. The maximum atomic E-state index is 13.8. The molecule has 1 atom stereocenters. The van der Waals surface area contributed by atoms with E-state index in [1.165, 1.54) is 30.3 Å². The molecule has 8 nitrogen and oxygen atoms in total. The molecule has 31 heavy (non-hydrogen) atoms. The number of benzene rings is 2. The molecule has 0 amide bonds. The molecule has 3 rings (SSSR count). The molecule has 0 fully saturated rings. The molecule has 166 valence electrons. The van der Waals surface area contributed by atoms with Gasteiger partial charge in [0.1, 0.15) is 0 Å². The van der Waals surface area contributed by atoms with Crippen LogP contribution in [0.1, 0.15) is 24.1 Å². The number of hydrogen-bond donors (Lipinski definition) is 4. The van der Waals surface area contributed by atoms with Gasteiger partial charge in [0.25, 0.3) is 0 Å². The predicted octanol–water partition coefficient (Wildman–Crippen LogP) is 4.08. The van der Waals surface area contributed by atoms with E-state index in [4.69, 9.17) is 17.3 Å². The molecule has 0 radical (unpaired) electrons. The van der Waals surface area contributed by atoms with Gasteiger partial charge in [0.05, 0.1) is 16.8 Å². The molecule has 1 heterocycles. The number of nitrogens with two attached hydrogens (primary N) is 1. The number of anilines is 3. The Balaban J connectivity index is 2.00. The minimum Gasteiger partial charge on any atom is -0.368 e. The summed E-state index contributed by atoms with van der Waals surface area (Å²) in [6.07, 6.45) is -3.67. The van der Waals surface area contributed by atoms with Crippen LogP contribution in [-0.4, -0.2) is 29.9 Å². The van der Waals surface area contributed by atoms with E-state index in [2.05, 4.69) is 25.2 Å². The Labute approximate surface area is 181 Å². The Kier molecular flexibility index (Phi) is 6.16. The molecular formula is C18H18ClF3N6O2S. The maximum Gasteiger partial charge on any atom is 0.417 e. The first-order chi connectivity index (χ1) is 14.3. The minimum atomic E-state index is -4.70. The Hall–Kier alpha value is -2.83. The highest BCUT2D eigenvalue weighted by Gasteiger charge is 2.35. The zero-order valence-electron chi connectivity index (χ0n) is 16.2. The lowest BCUT2D eigenvalue weighted by Crippen LogP contribution is -2.25. The Morgan fingerprint density at radius 3 is 2.35 bits per heavy atom. The normalized spacial score (nSPS) is 13.2. The van der Waals surface area contributed by atoms with E-state index < -0.39 is 27.8 Å². The third-order valence-corrected chi connectivity index (χ3v) is 5.32. The number of alkyl halides is 3. The topological polar surface area (TPSA) is 126 Å². The summed E-state index contributed by atoms with van der Waals surface area (Å²) in [6, 6.07) is 7.65. The molecule has 2 aromatic carbocycles. The summed E-state index contributed by atoms with van der Waals surface area (Å²) < 4.78 is 66.6. The summed E-state index contributed by atoms with van der Waals surface area (Å²) in [6.45, 7) is 1.63. The summed E-state index contributed by atoms with van der Waals surface area (Å²) in [5, 5.41) is 8.57. The number of hydrogen-bond acceptors (Lipinski definition) is 6. The second-order valence-electron chi connectivity index (χ2n) is 6.78. The Bertz CT molecular complexity index is 1200. The SMILES string of the molecule is C[C@@H](NS(C)(=O)=O)c1ccc(-c2c(Cl)cc(Nc3n[nH]c(N)n3)cc2C(F)(F)F)cc1. The summed E-state index contributed by atoms with van der Waals surface area (Å²) in [5.74, 6) is -0.00731. The van der Waals surface area contributed by atoms with E-state index in [0.717, 1.165) is 12.3 Å². The van der Waals surface area contributed by atoms with E-state index in [1.54, 1.807) is 6.92 Å². The second-order valence-corrected chi connectivity index (χ2v) is 8.97. The number of nitrogens with zero attached hydrogens (tertiary/aromatic N) is 2. The molecule has 5 N–H and O–H groups in total. The van der Waals surface area contributed by atoms with Gasteiger partial charge in [-0.2, -0.15) is 18.2 Å². The van der Waals surface area contributed by atoms with E-state index in [9.17, 15) is 21.6 Å². The van der Waals surface area contributed by atoms with Crippen molar-refractivity contribution < 1.29 is 21.6 Å². The lowest BCUT2D eigenvalue weighted by Gasteiger charge is -2.18. The number of aromatic amines is 1. The van der Waals surface area contributed by atoms with Crippen molar-refractivity contribution in [1.82, 2.24) is 19.9 Å². The monoisotopic (exact) mass is 474 g/mol. The third-order valence-electron chi connectivity index (χ3n) is 4.24. The fourth-order valence-corrected chi connectivity index (χ4v) is 4.09. The Morgan fingerprint density at radius 1 is 1.19 bits per heavy atom. The third kappa shape index (κ3) is 5.66. The molecule has 0 saturated heterocycles. The molecule has 0 aliphatic heterocycles. The number of aromatic nitrogens is 3. The van der Waals surface area contributed by atoms with Crippen molar-refractivity contribution in [3.63, 3.8) is 0 Å². The lowest BCUT2D eigenvalue weighted by molar-refractivity contribution is -0.137. The summed E-state index contributed by atoms with van der Waals surface area (Å²) in [5.41, 5.74) is 5.09. The van der Waals surface area contributed by atoms with Crippen LogP contribution in [0.5, 0.6) is 0 Å². The van der Waals surface area contributed by atoms with Crippen molar-refractivity contribution in [2.75, 3.05) is 17.3 Å². The highest BCUT2D eigenvalue weighted by molar-refractivity contribution is 7.88. The number of nitrogen functional groups attached to an aromatic ring is 1. The zero-order valence-corrected chi connectivity index (χ0v) is 17.8. The van der Waals surface area contributed by atoms with Gasteiger partial charge in [-0.1, -0.05) is 35.9 Å². The van der Waals surface area contributed by atoms with E-state index >= 15 is 0 Å². The van der Waals surface area contributed by atoms with Crippen molar-refractivity contribution in [2.45, 2.75) is 19.1 Å². The molecule has 0 bridgehead atoms. The van der Waals surface area contributed by atoms with Crippen LogP contribution in [0.3, 0.4) is 0 Å². The number of H-pyrrole nitrogens is 1. The summed E-state index contributed by atoms with van der Waals surface area (Å²) in [7, 11) is -3.44. The minimum absolute atomic E-state index is 0.000873. The molecule has 0 unspecified atom stereocenters. The molecule has 3 aromatic rings. The van der Waals surface area contributed by atoms with Crippen LogP contribution in [0.15, 0.2) is 36.4 Å². The maximum absolute atomic E-state index is 13.8. The number of halogens is 4. The number of nitrogens with one attached hydrogen (secondary N) is 3. The smallest absolute Gasteiger partial charge is 0.368 e. The van der Waals surface area contributed by atoms with Gasteiger partial charge in [-0.15, -0.1) is 5.10 Å². The van der Waals surface area contributed by atoms with Crippen LogP contribution in [0.25, 0.3) is 11.1 Å². The Morgan fingerprint density at radius 2 is 1.84 bits per heavy atom. The van der Waals surface area contributed by atoms with Gasteiger partial charge in [0.15, 0.2) is 0 Å². The van der Waals surface area contributed by atoms with Gasteiger partial charge >= 0.3 is 6.18 Å². The average Bonchev–Trinajstić information content (AvgIpc) is 3.04. The van der Waals surface area contributed by atoms with Crippen molar-refractivity contribution >= 4 is 39.2 Å². The van der Waals surface area contributed by atoms with Crippen molar-refractivity contribution in [2.24, 2.45) is 0 Å². The van der Waals surface area contributed by atoms with E-state index in [1.807, 2.05) is 0 Å². The van der Waals surface area contributed by atoms with Crippen LogP contribution >= 0.6 is 11.6 Å². The van der Waals surface area contributed by atoms with Gasteiger partial charge in [0.2, 0.25) is 21.9 Å². The quantitative estimate of drug-likeness (QED) is 0.426. The van der Waals surface area contributed by atoms with E-state index in [-0.39, 0.29) is 33.7 Å². The van der Waals surface area contributed by atoms with Gasteiger partial charge in [-0.3, -0.25) is 0 Å². The van der Waals surface area contributed by atoms with Crippen molar-refractivity contribution in [1.29, 1.82) is 0 Å². The first kappa shape index (κ1) is 22.8. The summed E-state index contributed by atoms with van der Waals surface area (Å²) >= 11 is 6.23. The van der Waals surface area contributed by atoms with Crippen LogP contribution < -0.4 is 15.8 Å². The number of sulfonamides is 1. The van der Waals surface area contributed by atoms with Crippen LogP contribution in [0.4, 0.5) is 30.8 Å². The predicted molar refractivity (Wildman–Crippen MR) is 112 cm³/mol. The molecule has 0 spiro atoms. The largest absolute Gasteiger partial charge is 0.417 e. The molecule has 13 heteroatoms.